The Labute approximate surface area is 186 Å². The molecule has 1 saturated heterocycles. The van der Waals surface area contributed by atoms with E-state index < -0.39 is 0 Å². The fourth-order valence-corrected chi connectivity index (χ4v) is 4.45. The van der Waals surface area contributed by atoms with Crippen LogP contribution in [0.1, 0.15) is 33.6 Å². The molecule has 0 N–H and O–H groups in total. The first-order chi connectivity index (χ1) is 15.1. The molecule has 4 rings (SSSR count). The molecule has 0 spiro atoms. The smallest absolute Gasteiger partial charge is 0.253 e. The van der Waals surface area contributed by atoms with Gasteiger partial charge in [0.15, 0.2) is 5.13 Å². The lowest BCUT2D eigenvalue weighted by molar-refractivity contribution is 0.0767. The Bertz CT molecular complexity index is 1100. The maximum absolute atomic E-state index is 13.1. The zero-order valence-corrected chi connectivity index (χ0v) is 18.3. The molecule has 1 aromatic heterocycles. The second-order valence-electron chi connectivity index (χ2n) is 7.53. The molecule has 3 aromatic rings. The zero-order chi connectivity index (χ0) is 21.6. The number of thiazole rings is 1. The van der Waals surface area contributed by atoms with Gasteiger partial charge in [-0.15, -0.1) is 11.3 Å². The molecule has 1 fully saturated rings. The van der Waals surface area contributed by atoms with Crippen molar-refractivity contribution in [1.82, 2.24) is 9.88 Å². The molecule has 0 aliphatic carbocycles. The Balaban J connectivity index is 1.39. The molecule has 7 heteroatoms. The normalized spacial score (nSPS) is 14.1. The van der Waals surface area contributed by atoms with E-state index in [1.165, 1.54) is 0 Å². The molecular formula is C24H24N4O2S. The van der Waals surface area contributed by atoms with E-state index in [0.29, 0.717) is 30.0 Å². The van der Waals surface area contributed by atoms with Crippen LogP contribution in [0.5, 0.6) is 5.75 Å². The summed E-state index contributed by atoms with van der Waals surface area (Å²) < 4.78 is 5.81. The SMILES string of the molecule is Cc1csc(N2CCCN(C(=O)c3cccc(COc4cccc(C#N)c4)c3)CC2)n1. The van der Waals surface area contributed by atoms with Crippen molar-refractivity contribution in [3.8, 4) is 11.8 Å². The van der Waals surface area contributed by atoms with Crippen LogP contribution in [-0.2, 0) is 6.61 Å². The second kappa shape index (κ2) is 9.63. The second-order valence-corrected chi connectivity index (χ2v) is 8.37. The quantitative estimate of drug-likeness (QED) is 0.603. The van der Waals surface area contributed by atoms with Crippen molar-refractivity contribution in [2.75, 3.05) is 31.1 Å². The van der Waals surface area contributed by atoms with Gasteiger partial charge in [-0.3, -0.25) is 4.79 Å². The largest absolute Gasteiger partial charge is 0.489 e. The first-order valence-corrected chi connectivity index (χ1v) is 11.2. The number of amides is 1. The van der Waals surface area contributed by atoms with Crippen molar-refractivity contribution in [2.24, 2.45) is 0 Å². The Kier molecular flexibility index (Phi) is 6.48. The van der Waals surface area contributed by atoms with Crippen LogP contribution >= 0.6 is 11.3 Å². The first kappa shape index (κ1) is 20.9. The fourth-order valence-electron chi connectivity index (χ4n) is 3.60. The van der Waals surface area contributed by atoms with Gasteiger partial charge in [-0.1, -0.05) is 18.2 Å². The predicted octanol–water partition coefficient (Wildman–Crippen LogP) is 4.25. The molecule has 0 saturated carbocycles. The summed E-state index contributed by atoms with van der Waals surface area (Å²) in [4.78, 5) is 21.9. The summed E-state index contributed by atoms with van der Waals surface area (Å²) >= 11 is 1.66. The number of aromatic nitrogens is 1. The lowest BCUT2D eigenvalue weighted by atomic mass is 10.1. The Hall–Kier alpha value is -3.37. The summed E-state index contributed by atoms with van der Waals surface area (Å²) in [5.74, 6) is 0.686. The summed E-state index contributed by atoms with van der Waals surface area (Å²) in [6, 6.07) is 16.8. The van der Waals surface area contributed by atoms with Gasteiger partial charge in [-0.2, -0.15) is 5.26 Å². The molecule has 158 valence electrons. The fraction of sp³-hybridized carbons (Fsp3) is 0.292. The first-order valence-electron chi connectivity index (χ1n) is 10.3. The van der Waals surface area contributed by atoms with Gasteiger partial charge in [0.2, 0.25) is 0 Å². The van der Waals surface area contributed by atoms with Crippen LogP contribution in [0.25, 0.3) is 0 Å². The minimum Gasteiger partial charge on any atom is -0.489 e. The molecule has 1 aliphatic rings. The molecule has 0 atom stereocenters. The third kappa shape index (κ3) is 5.22. The predicted molar refractivity (Wildman–Crippen MR) is 122 cm³/mol. The molecule has 1 aliphatic heterocycles. The van der Waals surface area contributed by atoms with Crippen LogP contribution in [0.15, 0.2) is 53.9 Å². The van der Waals surface area contributed by atoms with Crippen LogP contribution in [0, 0.1) is 18.3 Å². The maximum atomic E-state index is 13.1. The van der Waals surface area contributed by atoms with E-state index in [0.717, 1.165) is 42.4 Å². The summed E-state index contributed by atoms with van der Waals surface area (Å²) in [6.07, 6.45) is 0.919. The lowest BCUT2D eigenvalue weighted by Crippen LogP contribution is -2.35. The van der Waals surface area contributed by atoms with Crippen molar-refractivity contribution in [3.05, 3.63) is 76.3 Å². The van der Waals surface area contributed by atoms with Crippen molar-refractivity contribution >= 4 is 22.4 Å². The summed E-state index contributed by atoms with van der Waals surface area (Å²) in [5.41, 5.74) is 3.19. The standard InChI is InChI=1S/C24H24N4O2S/c1-18-17-31-24(26-18)28-10-4-9-27(11-12-28)23(29)21-7-2-6-20(13-21)16-30-22-8-3-5-19(14-22)15-25/h2-3,5-8,13-14,17H,4,9-12,16H2,1H3. The van der Waals surface area contributed by atoms with Gasteiger partial charge in [0.25, 0.3) is 5.91 Å². The van der Waals surface area contributed by atoms with E-state index in [1.54, 1.807) is 29.5 Å². The highest BCUT2D eigenvalue weighted by molar-refractivity contribution is 7.13. The molecule has 1 amide bonds. The van der Waals surface area contributed by atoms with Crippen LogP contribution in [0.2, 0.25) is 0 Å². The summed E-state index contributed by atoms with van der Waals surface area (Å²) in [6.45, 7) is 5.46. The van der Waals surface area contributed by atoms with Gasteiger partial charge >= 0.3 is 0 Å². The molecular weight excluding hydrogens is 408 g/mol. The Morgan fingerprint density at radius 2 is 2.03 bits per heavy atom. The highest BCUT2D eigenvalue weighted by Crippen LogP contribution is 2.22. The maximum Gasteiger partial charge on any atom is 0.253 e. The van der Waals surface area contributed by atoms with E-state index in [9.17, 15) is 4.79 Å². The number of rotatable bonds is 5. The minimum atomic E-state index is 0.0468. The number of nitriles is 1. The van der Waals surface area contributed by atoms with E-state index in [-0.39, 0.29) is 5.91 Å². The molecule has 0 unspecified atom stereocenters. The number of carbonyl (C=O) groups excluding carboxylic acids is 1. The van der Waals surface area contributed by atoms with Crippen molar-refractivity contribution < 1.29 is 9.53 Å². The number of ether oxygens (including phenoxy) is 1. The van der Waals surface area contributed by atoms with E-state index in [2.05, 4.69) is 21.3 Å². The number of hydrogen-bond donors (Lipinski definition) is 0. The third-order valence-corrected chi connectivity index (χ3v) is 6.22. The highest BCUT2D eigenvalue weighted by atomic mass is 32.1. The number of benzene rings is 2. The monoisotopic (exact) mass is 432 g/mol. The number of aryl methyl sites for hydroxylation is 1. The minimum absolute atomic E-state index is 0.0468. The Morgan fingerprint density at radius 3 is 2.84 bits per heavy atom. The van der Waals surface area contributed by atoms with Crippen LogP contribution in [0.3, 0.4) is 0 Å². The molecule has 2 aromatic carbocycles. The molecule has 0 bridgehead atoms. The number of nitrogens with zero attached hydrogens (tertiary/aromatic N) is 4. The van der Waals surface area contributed by atoms with Crippen LogP contribution < -0.4 is 9.64 Å². The van der Waals surface area contributed by atoms with Crippen molar-refractivity contribution in [2.45, 2.75) is 20.0 Å². The molecule has 6 nitrogen and oxygen atoms in total. The number of carbonyl (C=O) groups is 1. The van der Waals surface area contributed by atoms with Crippen LogP contribution in [-0.4, -0.2) is 42.0 Å². The summed E-state index contributed by atoms with van der Waals surface area (Å²) in [5, 5.41) is 12.1. The number of hydrogen-bond acceptors (Lipinski definition) is 6. The zero-order valence-electron chi connectivity index (χ0n) is 17.5. The van der Waals surface area contributed by atoms with E-state index >= 15 is 0 Å². The Morgan fingerprint density at radius 1 is 1.16 bits per heavy atom. The van der Waals surface area contributed by atoms with Gasteiger partial charge in [-0.25, -0.2) is 4.98 Å². The lowest BCUT2D eigenvalue weighted by Gasteiger charge is -2.22. The third-order valence-electron chi connectivity index (χ3n) is 5.20. The van der Waals surface area contributed by atoms with Gasteiger partial charge < -0.3 is 14.5 Å². The average molecular weight is 433 g/mol. The van der Waals surface area contributed by atoms with Crippen molar-refractivity contribution in [3.63, 3.8) is 0 Å². The van der Waals surface area contributed by atoms with E-state index in [4.69, 9.17) is 10.00 Å². The molecule has 31 heavy (non-hydrogen) atoms. The average Bonchev–Trinajstić information content (AvgIpc) is 3.09. The van der Waals surface area contributed by atoms with E-state index in [1.807, 2.05) is 42.2 Å². The number of anilines is 1. The summed E-state index contributed by atoms with van der Waals surface area (Å²) in [7, 11) is 0. The van der Waals surface area contributed by atoms with Crippen LogP contribution in [0.4, 0.5) is 5.13 Å². The highest BCUT2D eigenvalue weighted by Gasteiger charge is 2.21. The van der Waals surface area contributed by atoms with Gasteiger partial charge in [0.1, 0.15) is 12.4 Å². The molecule has 2 heterocycles. The van der Waals surface area contributed by atoms with Gasteiger partial charge in [-0.05, 0) is 49.2 Å². The van der Waals surface area contributed by atoms with Gasteiger partial charge in [0, 0.05) is 37.1 Å². The van der Waals surface area contributed by atoms with Gasteiger partial charge in [0.05, 0.1) is 17.3 Å². The topological polar surface area (TPSA) is 69.5 Å². The van der Waals surface area contributed by atoms with Crippen molar-refractivity contribution in [1.29, 1.82) is 5.26 Å². The molecule has 0 radical (unpaired) electrons.